The summed E-state index contributed by atoms with van der Waals surface area (Å²) in [4.78, 5) is 21.6. The maximum Gasteiger partial charge on any atom is 0.230 e. The summed E-state index contributed by atoms with van der Waals surface area (Å²) in [6, 6.07) is 9.89. The van der Waals surface area contributed by atoms with Gasteiger partial charge in [0.2, 0.25) is 5.91 Å². The van der Waals surface area contributed by atoms with Crippen LogP contribution in [0.5, 0.6) is 0 Å². The lowest BCUT2D eigenvalue weighted by atomic mass is 9.93. The van der Waals surface area contributed by atoms with Gasteiger partial charge in [-0.25, -0.2) is 4.98 Å². The van der Waals surface area contributed by atoms with Gasteiger partial charge in [-0.2, -0.15) is 0 Å². The normalized spacial score (nSPS) is 11.8. The van der Waals surface area contributed by atoms with E-state index in [9.17, 15) is 4.79 Å². The molecule has 5 nitrogen and oxygen atoms in total. The number of aryl methyl sites for hydroxylation is 1. The Morgan fingerprint density at radius 3 is 2.74 bits per heavy atom. The molecule has 0 aliphatic heterocycles. The van der Waals surface area contributed by atoms with Crippen LogP contribution in [-0.4, -0.2) is 20.4 Å². The number of thiazole rings is 1. The minimum absolute atomic E-state index is 0.0467. The summed E-state index contributed by atoms with van der Waals surface area (Å²) in [5, 5.41) is 7.22. The SMILES string of the molecule is Cc1cc(Cn2cc(CC(=O)Nc3nc(C(C)(C)C)cs3)c3cc(Cl)ccc32)ccn1. The first-order valence-corrected chi connectivity index (χ1v) is 11.4. The van der Waals surface area contributed by atoms with Crippen LogP contribution in [0, 0.1) is 6.92 Å². The molecule has 0 atom stereocenters. The molecule has 0 saturated heterocycles. The minimum atomic E-state index is -0.0893. The molecule has 160 valence electrons. The second-order valence-electron chi connectivity index (χ2n) is 8.76. The smallest absolute Gasteiger partial charge is 0.230 e. The number of hydrogen-bond donors (Lipinski definition) is 1. The highest BCUT2D eigenvalue weighted by Gasteiger charge is 2.19. The van der Waals surface area contributed by atoms with Gasteiger partial charge in [0.05, 0.1) is 12.1 Å². The molecule has 4 aromatic rings. The van der Waals surface area contributed by atoms with Gasteiger partial charge >= 0.3 is 0 Å². The van der Waals surface area contributed by atoms with Crippen LogP contribution < -0.4 is 5.32 Å². The molecule has 0 bridgehead atoms. The summed E-state index contributed by atoms with van der Waals surface area (Å²) in [6.45, 7) is 9.00. The predicted octanol–water partition coefficient (Wildman–Crippen LogP) is 5.98. The predicted molar refractivity (Wildman–Crippen MR) is 128 cm³/mol. The van der Waals surface area contributed by atoms with Gasteiger partial charge in [0, 0.05) is 51.4 Å². The van der Waals surface area contributed by atoms with Gasteiger partial charge in [-0.1, -0.05) is 32.4 Å². The molecular formula is C24H25ClN4OS. The van der Waals surface area contributed by atoms with Crippen molar-refractivity contribution in [2.24, 2.45) is 0 Å². The Morgan fingerprint density at radius 2 is 2.03 bits per heavy atom. The Labute approximate surface area is 191 Å². The zero-order valence-corrected chi connectivity index (χ0v) is 19.6. The van der Waals surface area contributed by atoms with E-state index in [-0.39, 0.29) is 17.7 Å². The molecule has 7 heteroatoms. The number of pyridine rings is 1. The first-order valence-electron chi connectivity index (χ1n) is 10.1. The number of benzene rings is 1. The summed E-state index contributed by atoms with van der Waals surface area (Å²) in [5.41, 5.74) is 5.06. The number of aromatic nitrogens is 3. The van der Waals surface area contributed by atoms with Crippen LogP contribution in [0.2, 0.25) is 5.02 Å². The van der Waals surface area contributed by atoms with Crippen LogP contribution >= 0.6 is 22.9 Å². The van der Waals surface area contributed by atoms with Crippen molar-refractivity contribution in [1.29, 1.82) is 0 Å². The highest BCUT2D eigenvalue weighted by Crippen LogP contribution is 2.28. The average Bonchev–Trinajstić information content (AvgIpc) is 3.27. The number of nitrogens with one attached hydrogen (secondary N) is 1. The zero-order chi connectivity index (χ0) is 22.2. The largest absolute Gasteiger partial charge is 0.343 e. The number of amides is 1. The van der Waals surface area contributed by atoms with Gasteiger partial charge in [-0.05, 0) is 48.4 Å². The van der Waals surface area contributed by atoms with Gasteiger partial charge in [-0.15, -0.1) is 11.3 Å². The van der Waals surface area contributed by atoms with Crippen LogP contribution in [-0.2, 0) is 23.2 Å². The van der Waals surface area contributed by atoms with E-state index in [0.29, 0.717) is 16.7 Å². The second-order valence-corrected chi connectivity index (χ2v) is 10.1. The number of hydrogen-bond acceptors (Lipinski definition) is 4. The van der Waals surface area contributed by atoms with Crippen LogP contribution in [0.3, 0.4) is 0 Å². The summed E-state index contributed by atoms with van der Waals surface area (Å²) >= 11 is 7.72. The zero-order valence-electron chi connectivity index (χ0n) is 18.1. The number of carbonyl (C=O) groups excluding carboxylic acids is 1. The van der Waals surface area contributed by atoms with E-state index in [4.69, 9.17) is 11.6 Å². The van der Waals surface area contributed by atoms with E-state index in [1.165, 1.54) is 11.3 Å². The minimum Gasteiger partial charge on any atom is -0.343 e. The van der Waals surface area contributed by atoms with Crippen molar-refractivity contribution in [3.05, 3.63) is 75.6 Å². The third-order valence-electron chi connectivity index (χ3n) is 5.11. The number of fused-ring (bicyclic) bond motifs is 1. The van der Waals surface area contributed by atoms with Gasteiger partial charge in [0.25, 0.3) is 0 Å². The van der Waals surface area contributed by atoms with Crippen molar-refractivity contribution >= 4 is 44.9 Å². The highest BCUT2D eigenvalue weighted by atomic mass is 35.5. The fourth-order valence-electron chi connectivity index (χ4n) is 3.53. The topological polar surface area (TPSA) is 59.8 Å². The molecule has 1 aromatic carbocycles. The summed E-state index contributed by atoms with van der Waals surface area (Å²) in [7, 11) is 0. The Kier molecular flexibility index (Phi) is 5.86. The lowest BCUT2D eigenvalue weighted by Gasteiger charge is -2.14. The fraction of sp³-hybridized carbons (Fsp3) is 0.292. The standard InChI is InChI=1S/C24H25ClN4OS/c1-15-9-16(7-8-26-15)12-29-13-17(19-11-18(25)5-6-20(19)29)10-22(30)28-23-27-21(14-31-23)24(2,3)4/h5-9,11,13-14H,10,12H2,1-4H3,(H,27,28,30). The summed E-state index contributed by atoms with van der Waals surface area (Å²) in [6.07, 6.45) is 4.11. The first-order chi connectivity index (χ1) is 14.7. The first kappa shape index (κ1) is 21.5. The molecule has 0 aliphatic rings. The van der Waals surface area contributed by atoms with E-state index in [1.807, 2.05) is 49.0 Å². The molecule has 1 amide bonds. The van der Waals surface area contributed by atoms with Crippen LogP contribution in [0.15, 0.2) is 48.1 Å². The van der Waals surface area contributed by atoms with Crippen molar-refractivity contribution in [2.45, 2.75) is 46.1 Å². The Morgan fingerprint density at radius 1 is 1.23 bits per heavy atom. The van der Waals surface area contributed by atoms with E-state index < -0.39 is 0 Å². The molecule has 3 aromatic heterocycles. The lowest BCUT2D eigenvalue weighted by molar-refractivity contribution is -0.115. The van der Waals surface area contributed by atoms with Crippen molar-refractivity contribution in [3.8, 4) is 0 Å². The third kappa shape index (κ3) is 4.97. The summed E-state index contributed by atoms with van der Waals surface area (Å²) in [5.74, 6) is -0.0893. The molecule has 0 radical (unpaired) electrons. The molecule has 0 spiro atoms. The molecule has 1 N–H and O–H groups in total. The monoisotopic (exact) mass is 452 g/mol. The highest BCUT2D eigenvalue weighted by molar-refractivity contribution is 7.13. The summed E-state index contributed by atoms with van der Waals surface area (Å²) < 4.78 is 2.16. The van der Waals surface area contributed by atoms with Crippen LogP contribution in [0.25, 0.3) is 10.9 Å². The molecule has 0 unspecified atom stereocenters. The van der Waals surface area contributed by atoms with E-state index in [1.54, 1.807) is 0 Å². The molecule has 0 fully saturated rings. The number of halogens is 1. The van der Waals surface area contributed by atoms with Crippen LogP contribution in [0.1, 0.15) is 43.3 Å². The Balaban J connectivity index is 1.59. The molecule has 0 aliphatic carbocycles. The van der Waals surface area contributed by atoms with E-state index in [2.05, 4.69) is 46.7 Å². The Bertz CT molecular complexity index is 1250. The van der Waals surface area contributed by atoms with Crippen molar-refractivity contribution < 1.29 is 4.79 Å². The quantitative estimate of drug-likeness (QED) is 0.405. The van der Waals surface area contributed by atoms with Gasteiger partial charge in [-0.3, -0.25) is 9.78 Å². The second kappa shape index (κ2) is 8.44. The molecule has 31 heavy (non-hydrogen) atoms. The lowest BCUT2D eigenvalue weighted by Crippen LogP contribution is -2.15. The van der Waals surface area contributed by atoms with Crippen molar-refractivity contribution in [3.63, 3.8) is 0 Å². The van der Waals surface area contributed by atoms with Gasteiger partial charge in [0.15, 0.2) is 5.13 Å². The Hall–Kier alpha value is -2.70. The van der Waals surface area contributed by atoms with E-state index in [0.717, 1.165) is 33.4 Å². The number of rotatable bonds is 5. The van der Waals surface area contributed by atoms with Crippen LogP contribution in [0.4, 0.5) is 5.13 Å². The van der Waals surface area contributed by atoms with Gasteiger partial charge in [0.1, 0.15) is 0 Å². The van der Waals surface area contributed by atoms with Gasteiger partial charge < -0.3 is 9.88 Å². The molecule has 3 heterocycles. The maximum atomic E-state index is 12.8. The van der Waals surface area contributed by atoms with Crippen molar-refractivity contribution in [2.75, 3.05) is 5.32 Å². The maximum absolute atomic E-state index is 12.8. The molecule has 0 saturated carbocycles. The van der Waals surface area contributed by atoms with Crippen molar-refractivity contribution in [1.82, 2.24) is 14.5 Å². The number of nitrogens with zero attached hydrogens (tertiary/aromatic N) is 3. The van der Waals surface area contributed by atoms with E-state index >= 15 is 0 Å². The average molecular weight is 453 g/mol. The number of anilines is 1. The molecular weight excluding hydrogens is 428 g/mol. The third-order valence-corrected chi connectivity index (χ3v) is 6.10. The molecule has 4 rings (SSSR count). The number of carbonyl (C=O) groups is 1. The fourth-order valence-corrected chi connectivity index (χ4v) is 4.65.